The first kappa shape index (κ1) is 17.6. The second-order valence-corrected chi connectivity index (χ2v) is 5.93. The molecule has 0 bridgehead atoms. The van der Waals surface area contributed by atoms with Crippen LogP contribution >= 0.6 is 0 Å². The number of hydrogen-bond donors (Lipinski definition) is 1. The molecule has 2 aromatic heterocycles. The number of hydrogen-bond acceptors (Lipinski definition) is 7. The van der Waals surface area contributed by atoms with Gasteiger partial charge in [-0.1, -0.05) is 5.16 Å². The molecule has 26 heavy (non-hydrogen) atoms. The van der Waals surface area contributed by atoms with Gasteiger partial charge in [-0.05, 0) is 31.9 Å². The second-order valence-electron chi connectivity index (χ2n) is 5.93. The molecule has 138 valence electrons. The Balaban J connectivity index is 0.000000613. The van der Waals surface area contributed by atoms with Crippen LogP contribution in [0.5, 0.6) is 0 Å². The molecule has 0 spiro atoms. The van der Waals surface area contributed by atoms with Gasteiger partial charge in [0.1, 0.15) is 18.6 Å². The van der Waals surface area contributed by atoms with Gasteiger partial charge in [-0.25, -0.2) is 0 Å². The Labute approximate surface area is 148 Å². The molecule has 1 N–H and O–H groups in total. The molecule has 2 aromatic rings. The molecule has 0 aliphatic carbocycles. The highest BCUT2D eigenvalue weighted by atomic mass is 16.5. The molecule has 2 amide bonds. The van der Waals surface area contributed by atoms with Crippen molar-refractivity contribution < 1.29 is 28.4 Å². The number of carbonyl (C=O) groups excluding carboxylic acids is 2. The summed E-state index contributed by atoms with van der Waals surface area (Å²) < 4.78 is 10.4. The van der Waals surface area contributed by atoms with Crippen LogP contribution in [0.15, 0.2) is 27.3 Å². The number of carbonyl (C=O) groups is 3. The monoisotopic (exact) mass is 362 g/mol. The number of fused-ring (bicyclic) bond motifs is 1. The average molecular weight is 362 g/mol. The number of piperazine rings is 1. The molecule has 0 aromatic carbocycles. The third kappa shape index (κ3) is 3.17. The van der Waals surface area contributed by atoms with Gasteiger partial charge in [-0.15, -0.1) is 0 Å². The zero-order valence-electron chi connectivity index (χ0n) is 14.1. The van der Waals surface area contributed by atoms with E-state index in [9.17, 15) is 9.59 Å². The molecule has 2 fully saturated rings. The van der Waals surface area contributed by atoms with Crippen molar-refractivity contribution in [3.8, 4) is 11.6 Å². The Hall–Kier alpha value is -3.17. The quantitative estimate of drug-likeness (QED) is 0.792. The lowest BCUT2D eigenvalue weighted by Gasteiger charge is -2.40. The van der Waals surface area contributed by atoms with Crippen LogP contribution in [0.25, 0.3) is 11.6 Å². The highest BCUT2D eigenvalue weighted by Crippen LogP contribution is 2.28. The zero-order chi connectivity index (χ0) is 18.7. The van der Waals surface area contributed by atoms with E-state index in [0.29, 0.717) is 18.1 Å². The lowest BCUT2D eigenvalue weighted by atomic mass is 10.1. The first-order chi connectivity index (χ1) is 12.6. The van der Waals surface area contributed by atoms with Gasteiger partial charge in [0.05, 0.1) is 6.26 Å². The van der Waals surface area contributed by atoms with E-state index in [2.05, 4.69) is 10.1 Å². The molecule has 0 saturated carbocycles. The Morgan fingerprint density at radius 3 is 2.85 bits per heavy atom. The number of furan rings is 1. The van der Waals surface area contributed by atoms with Gasteiger partial charge in [0.15, 0.2) is 5.76 Å². The van der Waals surface area contributed by atoms with E-state index in [0.717, 1.165) is 12.8 Å². The van der Waals surface area contributed by atoms with Crippen molar-refractivity contribution in [2.75, 3.05) is 6.54 Å². The summed E-state index contributed by atoms with van der Waals surface area (Å²) in [5, 5.41) is 10.7. The van der Waals surface area contributed by atoms with E-state index in [1.165, 1.54) is 11.2 Å². The van der Waals surface area contributed by atoms with Crippen molar-refractivity contribution in [3.63, 3.8) is 0 Å². The summed E-state index contributed by atoms with van der Waals surface area (Å²) in [7, 11) is 0. The first-order valence-corrected chi connectivity index (χ1v) is 8.12. The fourth-order valence-electron chi connectivity index (χ4n) is 3.23. The van der Waals surface area contributed by atoms with E-state index in [-0.39, 0.29) is 36.8 Å². The van der Waals surface area contributed by atoms with Crippen LogP contribution in [0.3, 0.4) is 0 Å². The van der Waals surface area contributed by atoms with Crippen LogP contribution in [0.4, 0.5) is 0 Å². The lowest BCUT2D eigenvalue weighted by molar-refractivity contribution is -0.159. The Kier molecular flexibility index (Phi) is 5.01. The molecule has 4 rings (SSSR count). The number of aromatic nitrogens is 2. The molecule has 4 heterocycles. The maximum absolute atomic E-state index is 12.6. The van der Waals surface area contributed by atoms with E-state index in [1.54, 1.807) is 24.0 Å². The predicted molar refractivity (Wildman–Crippen MR) is 85.4 cm³/mol. The van der Waals surface area contributed by atoms with Crippen LogP contribution in [-0.4, -0.2) is 62.0 Å². The van der Waals surface area contributed by atoms with Gasteiger partial charge in [0, 0.05) is 6.54 Å². The predicted octanol–water partition coefficient (Wildman–Crippen LogP) is 0.752. The van der Waals surface area contributed by atoms with E-state index in [4.69, 9.17) is 18.8 Å². The summed E-state index contributed by atoms with van der Waals surface area (Å²) in [6, 6.07) is 2.60. The van der Waals surface area contributed by atoms with Gasteiger partial charge in [0.25, 0.3) is 6.47 Å². The van der Waals surface area contributed by atoms with Gasteiger partial charge >= 0.3 is 0 Å². The highest BCUT2D eigenvalue weighted by molar-refractivity contribution is 5.97. The summed E-state index contributed by atoms with van der Waals surface area (Å²) in [5.41, 5.74) is 0. The summed E-state index contributed by atoms with van der Waals surface area (Å²) in [6.45, 7) is 2.28. The molecule has 0 unspecified atom stereocenters. The van der Waals surface area contributed by atoms with Gasteiger partial charge in [-0.3, -0.25) is 14.4 Å². The van der Waals surface area contributed by atoms with Crippen LogP contribution in [-0.2, 0) is 20.9 Å². The highest BCUT2D eigenvalue weighted by Gasteiger charge is 2.46. The number of rotatable bonds is 3. The minimum atomic E-state index is -0.518. The molecule has 10 heteroatoms. The molecule has 0 radical (unpaired) electrons. The zero-order valence-corrected chi connectivity index (χ0v) is 14.1. The second kappa shape index (κ2) is 7.38. The summed E-state index contributed by atoms with van der Waals surface area (Å²) in [5.74, 6) is 1.05. The van der Waals surface area contributed by atoms with Crippen LogP contribution in [0.1, 0.15) is 25.7 Å². The maximum Gasteiger partial charge on any atom is 0.290 e. The largest absolute Gasteiger partial charge is 0.483 e. The first-order valence-electron chi connectivity index (χ1n) is 8.12. The van der Waals surface area contributed by atoms with Gasteiger partial charge < -0.3 is 23.8 Å². The Morgan fingerprint density at radius 1 is 1.38 bits per heavy atom. The molecule has 10 nitrogen and oxygen atoms in total. The van der Waals surface area contributed by atoms with E-state index < -0.39 is 6.04 Å². The Morgan fingerprint density at radius 2 is 2.15 bits per heavy atom. The van der Waals surface area contributed by atoms with Crippen LogP contribution in [0, 0.1) is 0 Å². The van der Waals surface area contributed by atoms with Crippen molar-refractivity contribution in [3.05, 3.63) is 24.3 Å². The molecular formula is C16H18N4O6. The number of carboxylic acid groups (broad SMARTS) is 1. The van der Waals surface area contributed by atoms with Crippen molar-refractivity contribution >= 4 is 18.3 Å². The van der Waals surface area contributed by atoms with E-state index in [1.807, 2.05) is 0 Å². The molecule has 2 saturated heterocycles. The van der Waals surface area contributed by atoms with Crippen molar-refractivity contribution in [1.29, 1.82) is 0 Å². The number of amides is 2. The summed E-state index contributed by atoms with van der Waals surface area (Å²) >= 11 is 0. The molecule has 2 aliphatic heterocycles. The minimum Gasteiger partial charge on any atom is -0.483 e. The minimum absolute atomic E-state index is 0.0159. The molecular weight excluding hydrogens is 344 g/mol. The molecule has 2 aliphatic rings. The van der Waals surface area contributed by atoms with Gasteiger partial charge in [0.2, 0.25) is 23.5 Å². The average Bonchev–Trinajstić information content (AvgIpc) is 3.38. The SMILES string of the molecule is C[C@H]1C(=O)N2CCC[C@@H]2C(=O)N1Cc1nc(-c2ccco2)no1.O=CO. The van der Waals surface area contributed by atoms with Crippen LogP contribution in [0.2, 0.25) is 0 Å². The fraction of sp³-hybridized carbons (Fsp3) is 0.438. The summed E-state index contributed by atoms with van der Waals surface area (Å²) in [4.78, 5) is 40.8. The maximum atomic E-state index is 12.6. The van der Waals surface area contributed by atoms with Crippen LogP contribution < -0.4 is 0 Å². The third-order valence-corrected chi connectivity index (χ3v) is 4.44. The smallest absolute Gasteiger partial charge is 0.290 e. The van der Waals surface area contributed by atoms with E-state index >= 15 is 0 Å². The normalized spacial score (nSPS) is 22.0. The lowest BCUT2D eigenvalue weighted by Crippen LogP contribution is -2.61. The summed E-state index contributed by atoms with van der Waals surface area (Å²) in [6.07, 6.45) is 3.11. The van der Waals surface area contributed by atoms with Gasteiger partial charge in [-0.2, -0.15) is 4.98 Å². The fourth-order valence-corrected chi connectivity index (χ4v) is 3.23. The van der Waals surface area contributed by atoms with Crippen molar-refractivity contribution in [1.82, 2.24) is 19.9 Å². The molecule has 2 atom stereocenters. The standard InChI is InChI=1S/C15H16N4O4.CH2O2/c1-9-14(20)18-6-2-4-10(18)15(21)19(9)8-12-16-13(17-23-12)11-5-3-7-22-11;2-1-3/h3,5,7,9-10H,2,4,6,8H2,1H3;1H,(H,2,3)/t9-,10+;/m0./s1. The topological polar surface area (TPSA) is 130 Å². The third-order valence-electron chi connectivity index (χ3n) is 4.44. The van der Waals surface area contributed by atoms with Crippen molar-refractivity contribution in [2.45, 2.75) is 38.4 Å². The van der Waals surface area contributed by atoms with Crippen molar-refractivity contribution in [2.24, 2.45) is 0 Å². The Bertz CT molecular complexity index is 787. The number of nitrogens with zero attached hydrogens (tertiary/aromatic N) is 4.